The van der Waals surface area contributed by atoms with Crippen molar-refractivity contribution in [3.8, 4) is 0 Å². The van der Waals surface area contributed by atoms with Crippen LogP contribution in [0.1, 0.15) is 16.7 Å². The van der Waals surface area contributed by atoms with E-state index in [-0.39, 0.29) is 18.3 Å². The maximum absolute atomic E-state index is 11.2. The second-order valence-corrected chi connectivity index (χ2v) is 4.13. The molecule has 1 aromatic rings. The lowest BCUT2D eigenvalue weighted by molar-refractivity contribution is -0.120. The summed E-state index contributed by atoms with van der Waals surface area (Å²) in [4.78, 5) is 11.2. The van der Waals surface area contributed by atoms with E-state index in [1.54, 1.807) is 7.05 Å². The van der Waals surface area contributed by atoms with Gasteiger partial charge in [0.05, 0.1) is 6.54 Å². The van der Waals surface area contributed by atoms with Gasteiger partial charge in [0.2, 0.25) is 5.91 Å². The van der Waals surface area contributed by atoms with Crippen LogP contribution in [0.2, 0.25) is 0 Å². The minimum absolute atomic E-state index is 0. The SMILES string of the molecule is CNCC(=O)NCCc1cc(C)cc(C)c1.Cl. The molecule has 96 valence electrons. The van der Waals surface area contributed by atoms with Gasteiger partial charge in [-0.05, 0) is 32.9 Å². The summed E-state index contributed by atoms with van der Waals surface area (Å²) in [6, 6.07) is 6.48. The molecule has 0 saturated carbocycles. The third kappa shape index (κ3) is 6.29. The predicted molar refractivity (Wildman–Crippen MR) is 73.8 cm³/mol. The van der Waals surface area contributed by atoms with Gasteiger partial charge in [-0.25, -0.2) is 0 Å². The van der Waals surface area contributed by atoms with Crippen LogP contribution in [0.15, 0.2) is 18.2 Å². The lowest BCUT2D eigenvalue weighted by Gasteiger charge is -2.06. The third-order valence-electron chi connectivity index (χ3n) is 2.35. The number of hydrogen-bond acceptors (Lipinski definition) is 2. The standard InChI is InChI=1S/C13H20N2O.ClH/c1-10-6-11(2)8-12(7-10)4-5-15-13(16)9-14-3;/h6-8,14H,4-5,9H2,1-3H3,(H,15,16);1H. The fraction of sp³-hybridized carbons (Fsp3) is 0.462. The van der Waals surface area contributed by atoms with Crippen molar-refractivity contribution >= 4 is 18.3 Å². The highest BCUT2D eigenvalue weighted by Gasteiger charge is 1.99. The molecule has 0 aromatic heterocycles. The van der Waals surface area contributed by atoms with Crippen molar-refractivity contribution in [2.45, 2.75) is 20.3 Å². The molecule has 0 aliphatic heterocycles. The van der Waals surface area contributed by atoms with Crippen LogP contribution >= 0.6 is 12.4 Å². The van der Waals surface area contributed by atoms with Gasteiger partial charge in [-0.2, -0.15) is 0 Å². The van der Waals surface area contributed by atoms with Crippen molar-refractivity contribution in [3.05, 3.63) is 34.9 Å². The topological polar surface area (TPSA) is 41.1 Å². The van der Waals surface area contributed by atoms with E-state index in [1.807, 2.05) is 0 Å². The Labute approximate surface area is 109 Å². The van der Waals surface area contributed by atoms with Gasteiger partial charge in [-0.1, -0.05) is 29.3 Å². The summed E-state index contributed by atoms with van der Waals surface area (Å²) in [5, 5.41) is 5.69. The minimum atomic E-state index is 0. The van der Waals surface area contributed by atoms with Gasteiger partial charge >= 0.3 is 0 Å². The van der Waals surface area contributed by atoms with E-state index in [4.69, 9.17) is 0 Å². The first kappa shape index (κ1) is 15.9. The fourth-order valence-electron chi connectivity index (χ4n) is 1.78. The van der Waals surface area contributed by atoms with Gasteiger partial charge in [0.25, 0.3) is 0 Å². The van der Waals surface area contributed by atoms with E-state index in [0.717, 1.165) is 6.42 Å². The monoisotopic (exact) mass is 256 g/mol. The Morgan fingerprint density at radius 2 is 1.76 bits per heavy atom. The van der Waals surface area contributed by atoms with Gasteiger partial charge in [0, 0.05) is 6.54 Å². The molecule has 1 rings (SSSR count). The number of rotatable bonds is 5. The molecular weight excluding hydrogens is 236 g/mol. The van der Waals surface area contributed by atoms with E-state index >= 15 is 0 Å². The van der Waals surface area contributed by atoms with E-state index in [9.17, 15) is 4.79 Å². The number of likely N-dealkylation sites (N-methyl/N-ethyl adjacent to an activating group) is 1. The summed E-state index contributed by atoms with van der Waals surface area (Å²) in [5.41, 5.74) is 3.83. The smallest absolute Gasteiger partial charge is 0.233 e. The number of benzene rings is 1. The molecule has 4 heteroatoms. The molecule has 1 aromatic carbocycles. The summed E-state index contributed by atoms with van der Waals surface area (Å²) in [7, 11) is 1.77. The number of amides is 1. The van der Waals surface area contributed by atoms with Crippen molar-refractivity contribution in [1.82, 2.24) is 10.6 Å². The summed E-state index contributed by atoms with van der Waals surface area (Å²) in [6.07, 6.45) is 0.887. The van der Waals surface area contributed by atoms with Crippen LogP contribution in [0.3, 0.4) is 0 Å². The first-order valence-corrected chi connectivity index (χ1v) is 5.60. The number of carbonyl (C=O) groups excluding carboxylic acids is 1. The summed E-state index contributed by atoms with van der Waals surface area (Å²) >= 11 is 0. The number of aryl methyl sites for hydroxylation is 2. The second-order valence-electron chi connectivity index (χ2n) is 4.13. The maximum atomic E-state index is 11.2. The zero-order chi connectivity index (χ0) is 12.0. The predicted octanol–water partition coefficient (Wildman–Crippen LogP) is 1.60. The Morgan fingerprint density at radius 3 is 2.29 bits per heavy atom. The molecule has 0 spiro atoms. The number of hydrogen-bond donors (Lipinski definition) is 2. The van der Waals surface area contributed by atoms with Crippen LogP contribution in [0.4, 0.5) is 0 Å². The molecule has 1 amide bonds. The highest BCUT2D eigenvalue weighted by molar-refractivity contribution is 5.85. The van der Waals surface area contributed by atoms with Crippen molar-refractivity contribution in [2.24, 2.45) is 0 Å². The number of nitrogens with one attached hydrogen (secondary N) is 2. The van der Waals surface area contributed by atoms with E-state index in [0.29, 0.717) is 13.1 Å². The quantitative estimate of drug-likeness (QED) is 0.840. The van der Waals surface area contributed by atoms with Crippen LogP contribution in [-0.4, -0.2) is 26.0 Å². The molecular formula is C13H21ClN2O. The van der Waals surface area contributed by atoms with Gasteiger partial charge in [0.15, 0.2) is 0 Å². The lowest BCUT2D eigenvalue weighted by Crippen LogP contribution is -2.33. The van der Waals surface area contributed by atoms with Crippen LogP contribution < -0.4 is 10.6 Å². The normalized spacial score (nSPS) is 9.59. The summed E-state index contributed by atoms with van der Waals surface area (Å²) < 4.78 is 0. The highest BCUT2D eigenvalue weighted by Crippen LogP contribution is 2.08. The Hall–Kier alpha value is -1.06. The highest BCUT2D eigenvalue weighted by atomic mass is 35.5. The molecule has 0 unspecified atom stereocenters. The first-order valence-electron chi connectivity index (χ1n) is 5.60. The Balaban J connectivity index is 0.00000256. The summed E-state index contributed by atoms with van der Waals surface area (Å²) in [6.45, 7) is 5.27. The van der Waals surface area contributed by atoms with Crippen molar-refractivity contribution < 1.29 is 4.79 Å². The van der Waals surface area contributed by atoms with E-state index in [2.05, 4.69) is 42.7 Å². The molecule has 0 radical (unpaired) electrons. The van der Waals surface area contributed by atoms with Crippen LogP contribution in [-0.2, 0) is 11.2 Å². The second kappa shape index (κ2) is 8.09. The first-order chi connectivity index (χ1) is 7.61. The van der Waals surface area contributed by atoms with Crippen molar-refractivity contribution in [2.75, 3.05) is 20.1 Å². The molecule has 0 aliphatic carbocycles. The Morgan fingerprint density at radius 1 is 1.18 bits per heavy atom. The molecule has 0 saturated heterocycles. The van der Waals surface area contributed by atoms with Crippen LogP contribution in [0.25, 0.3) is 0 Å². The van der Waals surface area contributed by atoms with Crippen molar-refractivity contribution in [3.63, 3.8) is 0 Å². The molecule has 0 aliphatic rings. The zero-order valence-electron chi connectivity index (χ0n) is 10.7. The molecule has 0 atom stereocenters. The number of halogens is 1. The summed E-state index contributed by atoms with van der Waals surface area (Å²) in [5.74, 6) is 0.0480. The van der Waals surface area contributed by atoms with Gasteiger partial charge in [0.1, 0.15) is 0 Å². The van der Waals surface area contributed by atoms with Crippen LogP contribution in [0.5, 0.6) is 0 Å². The molecule has 2 N–H and O–H groups in total. The third-order valence-corrected chi connectivity index (χ3v) is 2.35. The lowest BCUT2D eigenvalue weighted by atomic mass is 10.1. The van der Waals surface area contributed by atoms with E-state index < -0.39 is 0 Å². The average molecular weight is 257 g/mol. The molecule has 3 nitrogen and oxygen atoms in total. The average Bonchev–Trinajstić information content (AvgIpc) is 2.16. The molecule has 0 fully saturated rings. The van der Waals surface area contributed by atoms with Gasteiger partial charge in [-0.15, -0.1) is 12.4 Å². The molecule has 0 bridgehead atoms. The van der Waals surface area contributed by atoms with Crippen molar-refractivity contribution in [1.29, 1.82) is 0 Å². The largest absolute Gasteiger partial charge is 0.355 e. The maximum Gasteiger partial charge on any atom is 0.233 e. The zero-order valence-corrected chi connectivity index (χ0v) is 11.5. The minimum Gasteiger partial charge on any atom is -0.355 e. The Kier molecular flexibility index (Phi) is 7.59. The van der Waals surface area contributed by atoms with Gasteiger partial charge < -0.3 is 10.6 Å². The Bertz CT molecular complexity index is 346. The molecule has 0 heterocycles. The van der Waals surface area contributed by atoms with Crippen LogP contribution in [0, 0.1) is 13.8 Å². The van der Waals surface area contributed by atoms with E-state index in [1.165, 1.54) is 16.7 Å². The fourth-order valence-corrected chi connectivity index (χ4v) is 1.78. The number of carbonyl (C=O) groups is 1. The molecule has 17 heavy (non-hydrogen) atoms. The van der Waals surface area contributed by atoms with Gasteiger partial charge in [-0.3, -0.25) is 4.79 Å².